The third-order valence-electron chi connectivity index (χ3n) is 1.91. The minimum absolute atomic E-state index is 0.170. The first kappa shape index (κ1) is 7.80. The standard InChI is InChI=1S/C8H9NO2/c1-5-4-11-8(10)7(3-9)6(5)2/h5H,4H2,1-2H3. The fourth-order valence-corrected chi connectivity index (χ4v) is 0.939. The second kappa shape index (κ2) is 2.75. The van der Waals surface area contributed by atoms with Gasteiger partial charge in [-0.15, -0.1) is 0 Å². The van der Waals surface area contributed by atoms with Gasteiger partial charge in [0.2, 0.25) is 0 Å². The van der Waals surface area contributed by atoms with Crippen molar-refractivity contribution in [1.29, 1.82) is 5.26 Å². The molecule has 3 heteroatoms. The van der Waals surface area contributed by atoms with Gasteiger partial charge in [0.1, 0.15) is 11.6 Å². The predicted molar refractivity (Wildman–Crippen MR) is 38.4 cm³/mol. The van der Waals surface area contributed by atoms with Crippen LogP contribution < -0.4 is 0 Å². The molecular weight excluding hydrogens is 142 g/mol. The molecule has 0 spiro atoms. The lowest BCUT2D eigenvalue weighted by molar-refractivity contribution is -0.140. The van der Waals surface area contributed by atoms with Gasteiger partial charge in [-0.2, -0.15) is 5.26 Å². The van der Waals surface area contributed by atoms with Crippen LogP contribution in [0.5, 0.6) is 0 Å². The van der Waals surface area contributed by atoms with E-state index >= 15 is 0 Å². The van der Waals surface area contributed by atoms with Crippen LogP contribution in [0.3, 0.4) is 0 Å². The predicted octanol–water partition coefficient (Wildman–Crippen LogP) is 1.02. The summed E-state index contributed by atoms with van der Waals surface area (Å²) in [6.45, 7) is 4.12. The van der Waals surface area contributed by atoms with Crippen molar-refractivity contribution in [3.05, 3.63) is 11.1 Å². The van der Waals surface area contributed by atoms with Crippen LogP contribution in [0.4, 0.5) is 0 Å². The molecule has 0 fully saturated rings. The van der Waals surface area contributed by atoms with Gasteiger partial charge in [-0.25, -0.2) is 4.79 Å². The van der Waals surface area contributed by atoms with Gasteiger partial charge in [0.25, 0.3) is 0 Å². The van der Waals surface area contributed by atoms with Crippen LogP contribution in [0.1, 0.15) is 13.8 Å². The molecular formula is C8H9NO2. The molecule has 0 aromatic rings. The van der Waals surface area contributed by atoms with Crippen LogP contribution >= 0.6 is 0 Å². The normalized spacial score (nSPS) is 24.5. The number of hydrogen-bond donors (Lipinski definition) is 0. The molecule has 0 saturated carbocycles. The summed E-state index contributed by atoms with van der Waals surface area (Å²) < 4.78 is 4.74. The van der Waals surface area contributed by atoms with Gasteiger partial charge in [-0.1, -0.05) is 6.92 Å². The highest BCUT2D eigenvalue weighted by Gasteiger charge is 2.23. The molecule has 0 aromatic heterocycles. The molecule has 1 aliphatic rings. The van der Waals surface area contributed by atoms with E-state index in [0.29, 0.717) is 6.61 Å². The third kappa shape index (κ3) is 1.25. The number of cyclic esters (lactones) is 1. The highest BCUT2D eigenvalue weighted by atomic mass is 16.5. The van der Waals surface area contributed by atoms with E-state index in [1.165, 1.54) is 0 Å². The zero-order valence-electron chi connectivity index (χ0n) is 6.55. The largest absolute Gasteiger partial charge is 0.461 e. The zero-order valence-corrected chi connectivity index (χ0v) is 6.55. The molecule has 1 aliphatic heterocycles. The highest BCUT2D eigenvalue weighted by molar-refractivity contribution is 5.94. The molecule has 1 rings (SSSR count). The topological polar surface area (TPSA) is 50.1 Å². The Morgan fingerprint density at radius 1 is 1.73 bits per heavy atom. The van der Waals surface area contributed by atoms with Gasteiger partial charge in [0.15, 0.2) is 0 Å². The van der Waals surface area contributed by atoms with Gasteiger partial charge in [0, 0.05) is 5.92 Å². The summed E-state index contributed by atoms with van der Waals surface area (Å²) in [5.41, 5.74) is 1.01. The summed E-state index contributed by atoms with van der Waals surface area (Å²) in [6, 6.07) is 1.84. The molecule has 1 unspecified atom stereocenters. The summed E-state index contributed by atoms with van der Waals surface area (Å²) in [5.74, 6) is -0.301. The van der Waals surface area contributed by atoms with E-state index in [1.807, 2.05) is 13.0 Å². The summed E-state index contributed by atoms with van der Waals surface area (Å²) in [7, 11) is 0. The summed E-state index contributed by atoms with van der Waals surface area (Å²) in [6.07, 6.45) is 0. The molecule has 11 heavy (non-hydrogen) atoms. The van der Waals surface area contributed by atoms with Gasteiger partial charge in [-0.3, -0.25) is 0 Å². The fraction of sp³-hybridized carbons (Fsp3) is 0.500. The van der Waals surface area contributed by atoms with Gasteiger partial charge >= 0.3 is 5.97 Å². The van der Waals surface area contributed by atoms with Crippen molar-refractivity contribution >= 4 is 5.97 Å². The van der Waals surface area contributed by atoms with Crippen LogP contribution in [0.15, 0.2) is 11.1 Å². The molecule has 3 nitrogen and oxygen atoms in total. The summed E-state index contributed by atoms with van der Waals surface area (Å²) in [5, 5.41) is 8.54. The fourth-order valence-electron chi connectivity index (χ4n) is 0.939. The number of nitriles is 1. The summed E-state index contributed by atoms with van der Waals surface area (Å²) >= 11 is 0. The van der Waals surface area contributed by atoms with Crippen LogP contribution in [0, 0.1) is 17.2 Å². The number of ether oxygens (including phenoxy) is 1. The first-order valence-corrected chi connectivity index (χ1v) is 3.44. The van der Waals surface area contributed by atoms with E-state index in [-0.39, 0.29) is 11.5 Å². The maximum atomic E-state index is 10.9. The highest BCUT2D eigenvalue weighted by Crippen LogP contribution is 2.20. The number of carbonyl (C=O) groups excluding carboxylic acids is 1. The Morgan fingerprint density at radius 3 is 2.82 bits per heavy atom. The SMILES string of the molecule is CC1=C(C#N)C(=O)OCC1C. The van der Waals surface area contributed by atoms with Crippen molar-refractivity contribution in [3.8, 4) is 6.07 Å². The van der Waals surface area contributed by atoms with Crippen molar-refractivity contribution < 1.29 is 9.53 Å². The number of nitrogens with zero attached hydrogens (tertiary/aromatic N) is 1. The zero-order chi connectivity index (χ0) is 8.43. The Morgan fingerprint density at radius 2 is 2.36 bits per heavy atom. The molecule has 0 saturated heterocycles. The lowest BCUT2D eigenvalue weighted by atomic mass is 9.96. The van der Waals surface area contributed by atoms with Crippen LogP contribution in [-0.2, 0) is 9.53 Å². The molecule has 0 aliphatic carbocycles. The van der Waals surface area contributed by atoms with E-state index in [1.54, 1.807) is 6.92 Å². The second-order valence-electron chi connectivity index (χ2n) is 2.67. The van der Waals surface area contributed by atoms with Crippen LogP contribution in [-0.4, -0.2) is 12.6 Å². The molecule has 0 N–H and O–H groups in total. The number of carbonyl (C=O) groups is 1. The summed E-state index contributed by atoms with van der Waals surface area (Å²) in [4.78, 5) is 10.9. The van der Waals surface area contributed by atoms with Crippen LogP contribution in [0.2, 0.25) is 0 Å². The molecule has 58 valence electrons. The van der Waals surface area contributed by atoms with Crippen LogP contribution in [0.25, 0.3) is 0 Å². The Hall–Kier alpha value is -1.30. The van der Waals surface area contributed by atoms with E-state index in [9.17, 15) is 4.79 Å². The minimum Gasteiger partial charge on any atom is -0.461 e. The lowest BCUT2D eigenvalue weighted by Gasteiger charge is -2.19. The molecule has 0 radical (unpaired) electrons. The smallest absolute Gasteiger partial charge is 0.348 e. The Balaban J connectivity index is 3.06. The van der Waals surface area contributed by atoms with E-state index in [4.69, 9.17) is 10.00 Å². The van der Waals surface area contributed by atoms with Gasteiger partial charge in [-0.05, 0) is 12.5 Å². The maximum absolute atomic E-state index is 10.9. The van der Waals surface area contributed by atoms with Crippen molar-refractivity contribution in [2.24, 2.45) is 5.92 Å². The average molecular weight is 151 g/mol. The Kier molecular flexibility index (Phi) is 1.95. The van der Waals surface area contributed by atoms with E-state index in [2.05, 4.69) is 0 Å². The lowest BCUT2D eigenvalue weighted by Crippen LogP contribution is -2.22. The number of esters is 1. The molecule has 1 atom stereocenters. The first-order valence-electron chi connectivity index (χ1n) is 3.44. The van der Waals surface area contributed by atoms with E-state index < -0.39 is 5.97 Å². The molecule has 1 heterocycles. The maximum Gasteiger partial charge on any atom is 0.348 e. The van der Waals surface area contributed by atoms with Crippen molar-refractivity contribution in [2.75, 3.05) is 6.61 Å². The van der Waals surface area contributed by atoms with Crippen molar-refractivity contribution in [1.82, 2.24) is 0 Å². The van der Waals surface area contributed by atoms with E-state index in [0.717, 1.165) is 5.57 Å². The number of rotatable bonds is 0. The second-order valence-corrected chi connectivity index (χ2v) is 2.67. The molecule has 0 aromatic carbocycles. The molecule has 0 bridgehead atoms. The Bertz CT molecular complexity index is 260. The monoisotopic (exact) mass is 151 g/mol. The first-order chi connectivity index (χ1) is 5.16. The van der Waals surface area contributed by atoms with Crippen molar-refractivity contribution in [3.63, 3.8) is 0 Å². The van der Waals surface area contributed by atoms with Gasteiger partial charge < -0.3 is 4.74 Å². The van der Waals surface area contributed by atoms with Crippen molar-refractivity contribution in [2.45, 2.75) is 13.8 Å². The number of hydrogen-bond acceptors (Lipinski definition) is 3. The van der Waals surface area contributed by atoms with Gasteiger partial charge in [0.05, 0.1) is 6.61 Å². The molecule has 0 amide bonds. The minimum atomic E-state index is -0.483. The average Bonchev–Trinajstić information content (AvgIpc) is 1.99. The third-order valence-corrected chi connectivity index (χ3v) is 1.91. The quantitative estimate of drug-likeness (QED) is 0.485. The Labute approximate surface area is 65.3 Å².